The number of aliphatic hydroxyl groups is 1. The van der Waals surface area contributed by atoms with Crippen LogP contribution in [0.3, 0.4) is 0 Å². The van der Waals surface area contributed by atoms with E-state index in [1.165, 1.54) is 11.8 Å². The van der Waals surface area contributed by atoms with Crippen LogP contribution in [0, 0.1) is 0 Å². The van der Waals surface area contributed by atoms with Crippen LogP contribution in [0.4, 0.5) is 0 Å². The fourth-order valence-electron chi connectivity index (χ4n) is 1.36. The zero-order valence-electron chi connectivity index (χ0n) is 9.96. The van der Waals surface area contributed by atoms with E-state index < -0.39 is 6.04 Å². The summed E-state index contributed by atoms with van der Waals surface area (Å²) < 4.78 is 0. The predicted molar refractivity (Wildman–Crippen MR) is 68.9 cm³/mol. The zero-order chi connectivity index (χ0) is 12.3. The second-order valence-electron chi connectivity index (χ2n) is 3.88. The highest BCUT2D eigenvalue weighted by molar-refractivity contribution is 5.63. The standard InChI is InChI=1S/C13H20N2O2/c14-13(11-16)10-15-17-9-5-4-8-12-6-2-1-3-7-12/h1-3,6-7,10,13,16H,4-5,8-9,11,14H2/b15-10+. The van der Waals surface area contributed by atoms with E-state index in [1.807, 2.05) is 18.2 Å². The summed E-state index contributed by atoms with van der Waals surface area (Å²) in [6.45, 7) is 0.475. The van der Waals surface area contributed by atoms with E-state index in [0.29, 0.717) is 6.61 Å². The minimum Gasteiger partial charge on any atom is -0.396 e. The quantitative estimate of drug-likeness (QED) is 0.406. The lowest BCUT2D eigenvalue weighted by Crippen LogP contribution is -2.25. The van der Waals surface area contributed by atoms with Crippen molar-refractivity contribution >= 4 is 6.21 Å². The van der Waals surface area contributed by atoms with Gasteiger partial charge in [-0.3, -0.25) is 0 Å². The lowest BCUT2D eigenvalue weighted by molar-refractivity contribution is 0.140. The van der Waals surface area contributed by atoms with Crippen molar-refractivity contribution in [1.82, 2.24) is 0 Å². The summed E-state index contributed by atoms with van der Waals surface area (Å²) in [5.41, 5.74) is 6.76. The maximum atomic E-state index is 8.63. The van der Waals surface area contributed by atoms with Crippen LogP contribution in [0.2, 0.25) is 0 Å². The fourth-order valence-corrected chi connectivity index (χ4v) is 1.36. The highest BCUT2D eigenvalue weighted by atomic mass is 16.6. The van der Waals surface area contributed by atoms with Crippen LogP contribution in [0.25, 0.3) is 0 Å². The van der Waals surface area contributed by atoms with Crippen molar-refractivity contribution in [3.63, 3.8) is 0 Å². The van der Waals surface area contributed by atoms with Crippen LogP contribution in [0.1, 0.15) is 18.4 Å². The van der Waals surface area contributed by atoms with E-state index in [-0.39, 0.29) is 6.61 Å². The third-order valence-corrected chi connectivity index (χ3v) is 2.33. The van der Waals surface area contributed by atoms with E-state index in [9.17, 15) is 0 Å². The number of benzene rings is 1. The summed E-state index contributed by atoms with van der Waals surface area (Å²) >= 11 is 0. The monoisotopic (exact) mass is 236 g/mol. The lowest BCUT2D eigenvalue weighted by atomic mass is 10.1. The Bertz CT molecular complexity index is 314. The molecular weight excluding hydrogens is 216 g/mol. The normalized spacial score (nSPS) is 12.8. The molecule has 4 nitrogen and oxygen atoms in total. The molecule has 1 aromatic rings. The van der Waals surface area contributed by atoms with Gasteiger partial charge in [-0.05, 0) is 24.8 Å². The molecule has 1 rings (SSSR count). The van der Waals surface area contributed by atoms with Gasteiger partial charge in [-0.15, -0.1) is 0 Å². The van der Waals surface area contributed by atoms with Crippen molar-refractivity contribution in [1.29, 1.82) is 0 Å². The summed E-state index contributed by atoms with van der Waals surface area (Å²) in [5.74, 6) is 0. The number of unbranched alkanes of at least 4 members (excludes halogenated alkanes) is 1. The van der Waals surface area contributed by atoms with Gasteiger partial charge < -0.3 is 15.7 Å². The smallest absolute Gasteiger partial charge is 0.117 e. The number of aliphatic hydroxyl groups excluding tert-OH is 1. The van der Waals surface area contributed by atoms with Crippen LogP contribution in [0.5, 0.6) is 0 Å². The first kappa shape index (κ1) is 13.7. The molecule has 0 aromatic heterocycles. The summed E-state index contributed by atoms with van der Waals surface area (Å²) in [7, 11) is 0. The van der Waals surface area contributed by atoms with E-state index in [2.05, 4.69) is 17.3 Å². The zero-order valence-corrected chi connectivity index (χ0v) is 9.96. The van der Waals surface area contributed by atoms with Gasteiger partial charge in [-0.25, -0.2) is 0 Å². The second-order valence-corrected chi connectivity index (χ2v) is 3.88. The number of rotatable bonds is 8. The molecule has 3 N–H and O–H groups in total. The summed E-state index contributed by atoms with van der Waals surface area (Å²) in [5, 5.41) is 12.3. The molecule has 1 aromatic carbocycles. The van der Waals surface area contributed by atoms with E-state index in [4.69, 9.17) is 15.7 Å². The maximum absolute atomic E-state index is 8.63. The molecule has 0 amide bonds. The van der Waals surface area contributed by atoms with Gasteiger partial charge in [-0.1, -0.05) is 35.5 Å². The average Bonchev–Trinajstić information content (AvgIpc) is 2.38. The molecule has 1 atom stereocenters. The summed E-state index contributed by atoms with van der Waals surface area (Å²) in [4.78, 5) is 5.02. The van der Waals surface area contributed by atoms with Crippen LogP contribution >= 0.6 is 0 Å². The molecular formula is C13H20N2O2. The Balaban J connectivity index is 2.00. The molecule has 0 aliphatic carbocycles. The molecule has 94 valence electrons. The third-order valence-electron chi connectivity index (χ3n) is 2.33. The van der Waals surface area contributed by atoms with Gasteiger partial charge in [0.15, 0.2) is 0 Å². The van der Waals surface area contributed by atoms with E-state index in [0.717, 1.165) is 19.3 Å². The molecule has 0 saturated carbocycles. The highest BCUT2D eigenvalue weighted by Gasteiger charge is 1.94. The number of oxime groups is 1. The molecule has 0 radical (unpaired) electrons. The molecule has 0 aliphatic rings. The average molecular weight is 236 g/mol. The van der Waals surface area contributed by atoms with Crippen LogP contribution < -0.4 is 5.73 Å². The Labute approximate surface area is 102 Å². The first-order chi connectivity index (χ1) is 8.33. The van der Waals surface area contributed by atoms with Gasteiger partial charge in [0.2, 0.25) is 0 Å². The van der Waals surface area contributed by atoms with Gasteiger partial charge >= 0.3 is 0 Å². The number of aryl methyl sites for hydroxylation is 1. The SMILES string of the molecule is NC(/C=N/OCCCCc1ccccc1)CO. The van der Waals surface area contributed by atoms with Crippen molar-refractivity contribution in [3.8, 4) is 0 Å². The minimum atomic E-state index is -0.431. The summed E-state index contributed by atoms with van der Waals surface area (Å²) in [6.07, 6.45) is 4.51. The maximum Gasteiger partial charge on any atom is 0.117 e. The molecule has 0 fully saturated rings. The molecule has 1 unspecified atom stereocenters. The van der Waals surface area contributed by atoms with Crippen LogP contribution in [0.15, 0.2) is 35.5 Å². The number of nitrogens with zero attached hydrogens (tertiary/aromatic N) is 1. The number of hydrogen-bond donors (Lipinski definition) is 2. The first-order valence-electron chi connectivity index (χ1n) is 5.88. The highest BCUT2D eigenvalue weighted by Crippen LogP contribution is 2.04. The third kappa shape index (κ3) is 6.71. The van der Waals surface area contributed by atoms with Crippen molar-refractivity contribution in [2.45, 2.75) is 25.3 Å². The minimum absolute atomic E-state index is 0.110. The molecule has 0 heterocycles. The predicted octanol–water partition coefficient (Wildman–Crippen LogP) is 1.33. The molecule has 0 saturated heterocycles. The van der Waals surface area contributed by atoms with Gasteiger partial charge in [0.1, 0.15) is 6.61 Å². The van der Waals surface area contributed by atoms with Crippen molar-refractivity contribution in [2.75, 3.05) is 13.2 Å². The van der Waals surface area contributed by atoms with Crippen molar-refractivity contribution in [2.24, 2.45) is 10.9 Å². The Kier molecular flexibility index (Phi) is 7.02. The van der Waals surface area contributed by atoms with Gasteiger partial charge in [0.25, 0.3) is 0 Å². The van der Waals surface area contributed by atoms with Crippen LogP contribution in [-0.2, 0) is 11.3 Å². The van der Waals surface area contributed by atoms with E-state index in [1.54, 1.807) is 0 Å². The van der Waals surface area contributed by atoms with Crippen molar-refractivity contribution < 1.29 is 9.94 Å². The van der Waals surface area contributed by atoms with Crippen molar-refractivity contribution in [3.05, 3.63) is 35.9 Å². The Morgan fingerprint density at radius 1 is 1.29 bits per heavy atom. The Morgan fingerprint density at radius 2 is 2.06 bits per heavy atom. The summed E-state index contributed by atoms with van der Waals surface area (Å²) in [6, 6.07) is 9.93. The molecule has 0 bridgehead atoms. The number of nitrogens with two attached hydrogens (primary N) is 1. The second kappa shape index (κ2) is 8.73. The van der Waals surface area contributed by atoms with Gasteiger partial charge in [0, 0.05) is 0 Å². The van der Waals surface area contributed by atoms with Gasteiger partial charge in [-0.2, -0.15) is 0 Å². The molecule has 4 heteroatoms. The largest absolute Gasteiger partial charge is 0.396 e. The lowest BCUT2D eigenvalue weighted by Gasteiger charge is -2.02. The molecule has 0 aliphatic heterocycles. The van der Waals surface area contributed by atoms with Crippen LogP contribution in [-0.4, -0.2) is 30.6 Å². The fraction of sp³-hybridized carbons (Fsp3) is 0.462. The Morgan fingerprint density at radius 3 is 2.76 bits per heavy atom. The van der Waals surface area contributed by atoms with E-state index >= 15 is 0 Å². The van der Waals surface area contributed by atoms with Gasteiger partial charge in [0.05, 0.1) is 18.9 Å². The molecule has 17 heavy (non-hydrogen) atoms. The first-order valence-corrected chi connectivity index (χ1v) is 5.88. The molecule has 0 spiro atoms. The Hall–Kier alpha value is -1.39. The topological polar surface area (TPSA) is 67.8 Å². The number of hydrogen-bond acceptors (Lipinski definition) is 4.